The second-order valence-corrected chi connectivity index (χ2v) is 4.93. The summed E-state index contributed by atoms with van der Waals surface area (Å²) in [7, 11) is 0. The molecule has 0 bridgehead atoms. The molecule has 4 nitrogen and oxygen atoms in total. The number of hydrogen-bond donors (Lipinski definition) is 1. The standard InChI is InChI=1S/C12H18O4.Na/c1-12(2,16)7-10(13)8-5-3-4-6-9(8)11(14)15;/h3-4,8-9,16H,5-7H2,1-2H3,(H,14,15);/q;+1/p-1/t8?,9-;/m0./s1. The molecule has 2 atom stereocenters. The smallest absolute Gasteiger partial charge is 0.550 e. The van der Waals surface area contributed by atoms with Crippen molar-refractivity contribution in [3.63, 3.8) is 0 Å². The molecule has 0 radical (unpaired) electrons. The number of rotatable bonds is 4. The van der Waals surface area contributed by atoms with Crippen LogP contribution in [-0.4, -0.2) is 22.5 Å². The average Bonchev–Trinajstić information content (AvgIpc) is 2.15. The number of carbonyl (C=O) groups excluding carboxylic acids is 2. The molecule has 1 rings (SSSR count). The fourth-order valence-electron chi connectivity index (χ4n) is 1.99. The Labute approximate surface area is 123 Å². The number of carboxylic acid groups (broad SMARTS) is 1. The van der Waals surface area contributed by atoms with Crippen LogP contribution in [0.3, 0.4) is 0 Å². The minimum atomic E-state index is -1.18. The molecule has 90 valence electrons. The van der Waals surface area contributed by atoms with E-state index in [4.69, 9.17) is 0 Å². The van der Waals surface area contributed by atoms with Gasteiger partial charge in [0.05, 0.1) is 5.60 Å². The van der Waals surface area contributed by atoms with Gasteiger partial charge in [0.15, 0.2) is 0 Å². The van der Waals surface area contributed by atoms with Gasteiger partial charge in [-0.25, -0.2) is 0 Å². The van der Waals surface area contributed by atoms with Crippen molar-refractivity contribution >= 4 is 11.8 Å². The number of hydrogen-bond acceptors (Lipinski definition) is 4. The van der Waals surface area contributed by atoms with Crippen molar-refractivity contribution in [2.45, 2.75) is 38.7 Å². The first-order valence-electron chi connectivity index (χ1n) is 5.42. The number of aliphatic carboxylic acids is 1. The van der Waals surface area contributed by atoms with Crippen molar-refractivity contribution in [1.29, 1.82) is 0 Å². The van der Waals surface area contributed by atoms with Gasteiger partial charge in [-0.1, -0.05) is 12.2 Å². The molecule has 1 aliphatic rings. The first-order chi connectivity index (χ1) is 7.31. The van der Waals surface area contributed by atoms with Crippen LogP contribution in [0, 0.1) is 11.8 Å². The van der Waals surface area contributed by atoms with Gasteiger partial charge in [0.2, 0.25) is 0 Å². The molecule has 0 spiro atoms. The summed E-state index contributed by atoms with van der Waals surface area (Å²) in [6.45, 7) is 3.08. The topological polar surface area (TPSA) is 77.4 Å². The Kier molecular flexibility index (Phi) is 6.62. The third kappa shape index (κ3) is 5.34. The molecule has 5 heteroatoms. The normalized spacial score (nSPS) is 23.9. The van der Waals surface area contributed by atoms with Gasteiger partial charge in [-0.3, -0.25) is 4.79 Å². The summed E-state index contributed by atoms with van der Waals surface area (Å²) in [6.07, 6.45) is 4.31. The second-order valence-electron chi connectivity index (χ2n) is 4.93. The minimum absolute atomic E-state index is 0. The van der Waals surface area contributed by atoms with E-state index in [0.29, 0.717) is 12.8 Å². The van der Waals surface area contributed by atoms with Crippen molar-refractivity contribution in [3.05, 3.63) is 12.2 Å². The zero-order valence-electron chi connectivity index (χ0n) is 10.6. The zero-order chi connectivity index (χ0) is 12.3. The molecule has 0 heterocycles. The van der Waals surface area contributed by atoms with Gasteiger partial charge in [0.25, 0.3) is 0 Å². The van der Waals surface area contributed by atoms with Gasteiger partial charge < -0.3 is 15.0 Å². The summed E-state index contributed by atoms with van der Waals surface area (Å²) in [5, 5.41) is 20.4. The maximum Gasteiger partial charge on any atom is 1.00 e. The molecular formula is C12H17NaO4. The SMILES string of the molecule is CC(C)(O)CC(=O)C1CC=CC[C@@H]1C(=O)[O-].[Na+]. The fourth-order valence-corrected chi connectivity index (χ4v) is 1.99. The number of carbonyl (C=O) groups is 2. The molecule has 1 aliphatic carbocycles. The van der Waals surface area contributed by atoms with E-state index in [1.807, 2.05) is 6.08 Å². The predicted octanol–water partition coefficient (Wildman–Crippen LogP) is -2.95. The predicted molar refractivity (Wildman–Crippen MR) is 56.3 cm³/mol. The van der Waals surface area contributed by atoms with Crippen molar-refractivity contribution in [2.24, 2.45) is 11.8 Å². The fraction of sp³-hybridized carbons (Fsp3) is 0.667. The molecule has 1 N–H and O–H groups in total. The minimum Gasteiger partial charge on any atom is -0.550 e. The summed E-state index contributed by atoms with van der Waals surface area (Å²) in [4.78, 5) is 22.7. The Morgan fingerprint density at radius 1 is 1.29 bits per heavy atom. The molecule has 0 saturated carbocycles. The quantitative estimate of drug-likeness (QED) is 0.426. The summed E-state index contributed by atoms with van der Waals surface area (Å²) >= 11 is 0. The van der Waals surface area contributed by atoms with Crippen LogP contribution in [0.25, 0.3) is 0 Å². The van der Waals surface area contributed by atoms with Crippen LogP contribution in [0.15, 0.2) is 12.2 Å². The Balaban J connectivity index is 0.00000256. The number of carboxylic acids is 1. The summed E-state index contributed by atoms with van der Waals surface area (Å²) in [6, 6.07) is 0. The van der Waals surface area contributed by atoms with E-state index < -0.39 is 23.4 Å². The largest absolute Gasteiger partial charge is 1.00 e. The van der Waals surface area contributed by atoms with Crippen LogP contribution in [0.2, 0.25) is 0 Å². The van der Waals surface area contributed by atoms with E-state index in [-0.39, 0.29) is 41.8 Å². The molecule has 0 aromatic carbocycles. The molecule has 1 unspecified atom stereocenters. The number of aliphatic hydroxyl groups is 1. The Morgan fingerprint density at radius 3 is 2.18 bits per heavy atom. The number of allylic oxidation sites excluding steroid dienone is 2. The molecular weight excluding hydrogens is 231 g/mol. The van der Waals surface area contributed by atoms with Crippen LogP contribution in [0.1, 0.15) is 33.1 Å². The molecule has 17 heavy (non-hydrogen) atoms. The van der Waals surface area contributed by atoms with Crippen molar-refractivity contribution in [2.75, 3.05) is 0 Å². The Hall–Kier alpha value is -0.160. The number of Topliss-reactive ketones (excluding diaryl/α,β-unsaturated/α-hetero) is 1. The van der Waals surface area contributed by atoms with E-state index in [1.165, 1.54) is 13.8 Å². The third-order valence-electron chi connectivity index (χ3n) is 2.76. The first-order valence-corrected chi connectivity index (χ1v) is 5.42. The molecule has 0 aromatic rings. The molecule has 0 aromatic heterocycles. The molecule has 0 saturated heterocycles. The van der Waals surface area contributed by atoms with Crippen molar-refractivity contribution in [3.8, 4) is 0 Å². The zero-order valence-corrected chi connectivity index (χ0v) is 12.6. The van der Waals surface area contributed by atoms with E-state index >= 15 is 0 Å². The van der Waals surface area contributed by atoms with E-state index in [9.17, 15) is 19.8 Å². The second kappa shape index (κ2) is 6.69. The number of ketones is 1. The van der Waals surface area contributed by atoms with Crippen molar-refractivity contribution < 1.29 is 49.4 Å². The van der Waals surface area contributed by atoms with E-state index in [0.717, 1.165) is 0 Å². The van der Waals surface area contributed by atoms with Crippen LogP contribution in [0.5, 0.6) is 0 Å². The third-order valence-corrected chi connectivity index (χ3v) is 2.76. The summed E-state index contributed by atoms with van der Waals surface area (Å²) in [5.74, 6) is -2.69. The maximum absolute atomic E-state index is 11.8. The van der Waals surface area contributed by atoms with Crippen molar-refractivity contribution in [1.82, 2.24) is 0 Å². The Morgan fingerprint density at radius 2 is 1.76 bits per heavy atom. The van der Waals surface area contributed by atoms with Crippen LogP contribution in [0.4, 0.5) is 0 Å². The monoisotopic (exact) mass is 248 g/mol. The maximum atomic E-state index is 11.8. The summed E-state index contributed by atoms with van der Waals surface area (Å²) in [5.41, 5.74) is -1.09. The first kappa shape index (κ1) is 16.8. The van der Waals surface area contributed by atoms with Gasteiger partial charge in [0.1, 0.15) is 5.78 Å². The van der Waals surface area contributed by atoms with Crippen LogP contribution >= 0.6 is 0 Å². The molecule has 0 aliphatic heterocycles. The molecule has 0 fully saturated rings. The van der Waals surface area contributed by atoms with Gasteiger partial charge in [-0.05, 0) is 26.7 Å². The van der Waals surface area contributed by atoms with Gasteiger partial charge in [-0.15, -0.1) is 0 Å². The van der Waals surface area contributed by atoms with E-state index in [2.05, 4.69) is 0 Å². The van der Waals surface area contributed by atoms with Gasteiger partial charge in [-0.2, -0.15) is 0 Å². The van der Waals surface area contributed by atoms with Crippen LogP contribution in [-0.2, 0) is 9.59 Å². The Bertz CT molecular complexity index is 317. The van der Waals surface area contributed by atoms with Gasteiger partial charge >= 0.3 is 29.6 Å². The van der Waals surface area contributed by atoms with Gasteiger partial charge in [0, 0.05) is 24.2 Å². The van der Waals surface area contributed by atoms with E-state index in [1.54, 1.807) is 6.08 Å². The average molecular weight is 248 g/mol. The summed E-state index contributed by atoms with van der Waals surface area (Å²) < 4.78 is 0. The van der Waals surface area contributed by atoms with Crippen LogP contribution < -0.4 is 34.7 Å². The molecule has 0 amide bonds.